The van der Waals surface area contributed by atoms with Gasteiger partial charge < -0.3 is 19.4 Å². The summed E-state index contributed by atoms with van der Waals surface area (Å²) >= 11 is 0. The Hall–Kier alpha value is -3.35. The Morgan fingerprint density at radius 2 is 1.81 bits per heavy atom. The quantitative estimate of drug-likeness (QED) is 0.696. The molecular weight excluding hydrogens is 349 g/mol. The summed E-state index contributed by atoms with van der Waals surface area (Å²) in [6, 6.07) is 12.4. The van der Waals surface area contributed by atoms with E-state index in [1.165, 1.54) is 12.1 Å². The van der Waals surface area contributed by atoms with Gasteiger partial charge in [-0.15, -0.1) is 0 Å². The second kappa shape index (κ2) is 8.35. The van der Waals surface area contributed by atoms with Gasteiger partial charge in [-0.25, -0.2) is 9.37 Å². The highest BCUT2D eigenvalue weighted by Crippen LogP contribution is 2.21. The second-order valence-electron chi connectivity index (χ2n) is 5.91. The van der Waals surface area contributed by atoms with Crippen LogP contribution in [0.4, 0.5) is 4.39 Å². The van der Waals surface area contributed by atoms with Crippen LogP contribution >= 0.6 is 0 Å². The van der Waals surface area contributed by atoms with Gasteiger partial charge in [-0.2, -0.15) is 0 Å². The number of carbonyl (C=O) groups is 1. The van der Waals surface area contributed by atoms with Gasteiger partial charge in [0.15, 0.2) is 6.61 Å². The molecule has 140 valence electrons. The number of rotatable bonds is 7. The molecule has 0 fully saturated rings. The number of aryl methyl sites for hydroxylation is 1. The minimum absolute atomic E-state index is 0.158. The summed E-state index contributed by atoms with van der Waals surface area (Å²) in [5.41, 5.74) is 0.725. The molecule has 7 heteroatoms. The fraction of sp³-hybridized carbons (Fsp3) is 0.200. The minimum Gasteiger partial charge on any atom is -0.497 e. The Morgan fingerprint density at radius 3 is 2.41 bits per heavy atom. The second-order valence-corrected chi connectivity index (χ2v) is 5.91. The van der Waals surface area contributed by atoms with Crippen LogP contribution in [0, 0.1) is 5.82 Å². The van der Waals surface area contributed by atoms with E-state index >= 15 is 0 Å². The van der Waals surface area contributed by atoms with Crippen LogP contribution in [0.25, 0.3) is 0 Å². The lowest BCUT2D eigenvalue weighted by atomic mass is 10.1. The number of aromatic nitrogens is 2. The molecule has 0 bridgehead atoms. The summed E-state index contributed by atoms with van der Waals surface area (Å²) < 4.78 is 25.7. The van der Waals surface area contributed by atoms with Crippen molar-refractivity contribution in [3.05, 3.63) is 78.1 Å². The molecule has 27 heavy (non-hydrogen) atoms. The first-order valence-corrected chi connectivity index (χ1v) is 8.35. The Morgan fingerprint density at radius 1 is 1.15 bits per heavy atom. The highest BCUT2D eigenvalue weighted by Gasteiger charge is 2.21. The molecule has 3 rings (SSSR count). The number of hydrogen-bond donors (Lipinski definition) is 1. The van der Waals surface area contributed by atoms with Gasteiger partial charge in [-0.1, -0.05) is 12.1 Å². The van der Waals surface area contributed by atoms with Crippen molar-refractivity contribution in [1.29, 1.82) is 0 Å². The van der Waals surface area contributed by atoms with Gasteiger partial charge in [-0.05, 0) is 42.0 Å². The number of benzene rings is 2. The molecule has 1 aromatic heterocycles. The molecule has 0 saturated heterocycles. The van der Waals surface area contributed by atoms with Crippen molar-refractivity contribution in [3.63, 3.8) is 0 Å². The van der Waals surface area contributed by atoms with Gasteiger partial charge in [-0.3, -0.25) is 4.79 Å². The predicted octanol–water partition coefficient (Wildman–Crippen LogP) is 2.85. The van der Waals surface area contributed by atoms with Gasteiger partial charge in [0.25, 0.3) is 5.91 Å². The average molecular weight is 369 g/mol. The van der Waals surface area contributed by atoms with Gasteiger partial charge in [0, 0.05) is 19.4 Å². The third-order valence-electron chi connectivity index (χ3n) is 4.05. The molecule has 0 aliphatic heterocycles. The smallest absolute Gasteiger partial charge is 0.258 e. The summed E-state index contributed by atoms with van der Waals surface area (Å²) in [4.78, 5) is 16.7. The van der Waals surface area contributed by atoms with E-state index in [-0.39, 0.29) is 18.3 Å². The number of nitrogens with zero attached hydrogens (tertiary/aromatic N) is 2. The Bertz CT molecular complexity index is 892. The zero-order valence-electron chi connectivity index (χ0n) is 15.1. The van der Waals surface area contributed by atoms with Crippen molar-refractivity contribution >= 4 is 5.91 Å². The molecular formula is C20H20FN3O3. The molecule has 0 spiro atoms. The molecule has 1 N–H and O–H groups in total. The summed E-state index contributed by atoms with van der Waals surface area (Å²) in [5.74, 6) is 1.24. The summed E-state index contributed by atoms with van der Waals surface area (Å²) in [6.07, 6.45) is 3.43. The minimum atomic E-state index is -0.516. The van der Waals surface area contributed by atoms with E-state index < -0.39 is 6.04 Å². The maximum absolute atomic E-state index is 13.3. The first-order chi connectivity index (χ1) is 13.1. The molecule has 1 heterocycles. The van der Waals surface area contributed by atoms with E-state index in [9.17, 15) is 9.18 Å². The lowest BCUT2D eigenvalue weighted by molar-refractivity contribution is -0.123. The van der Waals surface area contributed by atoms with E-state index in [1.54, 1.807) is 60.5 Å². The lowest BCUT2D eigenvalue weighted by Gasteiger charge is -2.19. The zero-order chi connectivity index (χ0) is 19.2. The number of methoxy groups -OCH3 is 1. The van der Waals surface area contributed by atoms with Crippen molar-refractivity contribution in [2.24, 2.45) is 7.05 Å². The number of nitrogens with one attached hydrogen (secondary N) is 1. The van der Waals surface area contributed by atoms with Gasteiger partial charge in [0.2, 0.25) is 0 Å². The largest absolute Gasteiger partial charge is 0.497 e. The molecule has 1 unspecified atom stereocenters. The first kappa shape index (κ1) is 18.4. The van der Waals surface area contributed by atoms with Gasteiger partial charge in [0.05, 0.1) is 7.11 Å². The van der Waals surface area contributed by atoms with E-state index in [1.807, 2.05) is 7.05 Å². The third kappa shape index (κ3) is 4.63. The average Bonchev–Trinajstić information content (AvgIpc) is 3.11. The van der Waals surface area contributed by atoms with E-state index in [0.29, 0.717) is 17.3 Å². The molecule has 2 aromatic carbocycles. The maximum atomic E-state index is 13.3. The predicted molar refractivity (Wildman–Crippen MR) is 98.1 cm³/mol. The Balaban J connectivity index is 1.70. The number of hydrogen-bond acceptors (Lipinski definition) is 4. The van der Waals surface area contributed by atoms with E-state index in [4.69, 9.17) is 9.47 Å². The molecule has 6 nitrogen and oxygen atoms in total. The standard InChI is InChI=1S/C20H20FN3O3/c1-24-12-11-22-20(24)19(14-3-5-15(21)6-4-14)23-18(25)13-27-17-9-7-16(26-2)8-10-17/h3-12,19H,13H2,1-2H3,(H,23,25). The van der Waals surface area contributed by atoms with Crippen molar-refractivity contribution < 1.29 is 18.7 Å². The monoisotopic (exact) mass is 369 g/mol. The van der Waals surface area contributed by atoms with Crippen molar-refractivity contribution in [2.45, 2.75) is 6.04 Å². The van der Waals surface area contributed by atoms with Crippen molar-refractivity contribution in [2.75, 3.05) is 13.7 Å². The summed E-state index contributed by atoms with van der Waals surface area (Å²) in [5, 5.41) is 2.89. The van der Waals surface area contributed by atoms with Crippen molar-refractivity contribution in [1.82, 2.24) is 14.9 Å². The molecule has 0 saturated carbocycles. The number of carbonyl (C=O) groups excluding carboxylic acids is 1. The number of halogens is 1. The van der Waals surface area contributed by atoms with Crippen LogP contribution in [-0.4, -0.2) is 29.2 Å². The zero-order valence-corrected chi connectivity index (χ0v) is 15.1. The normalized spacial score (nSPS) is 11.7. The van der Waals surface area contributed by atoms with Crippen LogP contribution in [0.3, 0.4) is 0 Å². The van der Waals surface area contributed by atoms with E-state index in [0.717, 1.165) is 5.56 Å². The van der Waals surface area contributed by atoms with Crippen molar-refractivity contribution in [3.8, 4) is 11.5 Å². The van der Waals surface area contributed by atoms with Gasteiger partial charge in [0.1, 0.15) is 29.2 Å². The van der Waals surface area contributed by atoms with Crippen LogP contribution in [0.1, 0.15) is 17.4 Å². The lowest BCUT2D eigenvalue weighted by Crippen LogP contribution is -2.34. The fourth-order valence-electron chi connectivity index (χ4n) is 2.63. The Labute approximate surface area is 156 Å². The third-order valence-corrected chi connectivity index (χ3v) is 4.05. The fourth-order valence-corrected chi connectivity index (χ4v) is 2.63. The topological polar surface area (TPSA) is 65.4 Å². The highest BCUT2D eigenvalue weighted by atomic mass is 19.1. The van der Waals surface area contributed by atoms with Gasteiger partial charge >= 0.3 is 0 Å². The highest BCUT2D eigenvalue weighted by molar-refractivity contribution is 5.78. The molecule has 1 amide bonds. The number of imidazole rings is 1. The van der Waals surface area contributed by atoms with Crippen LogP contribution < -0.4 is 14.8 Å². The molecule has 1 atom stereocenters. The van der Waals surface area contributed by atoms with E-state index in [2.05, 4.69) is 10.3 Å². The summed E-state index contributed by atoms with van der Waals surface area (Å²) in [7, 11) is 3.41. The molecule has 0 radical (unpaired) electrons. The first-order valence-electron chi connectivity index (χ1n) is 8.35. The van der Waals surface area contributed by atoms with Crippen LogP contribution in [0.2, 0.25) is 0 Å². The van der Waals surface area contributed by atoms with Crippen LogP contribution in [-0.2, 0) is 11.8 Å². The summed E-state index contributed by atoms with van der Waals surface area (Å²) in [6.45, 7) is -0.158. The van der Waals surface area contributed by atoms with Crippen LogP contribution in [0.5, 0.6) is 11.5 Å². The maximum Gasteiger partial charge on any atom is 0.258 e. The van der Waals surface area contributed by atoms with Crippen LogP contribution in [0.15, 0.2) is 60.9 Å². The Kier molecular flexibility index (Phi) is 5.71. The number of ether oxygens (including phenoxy) is 2. The molecule has 0 aliphatic carbocycles. The molecule has 3 aromatic rings. The number of amides is 1. The SMILES string of the molecule is COc1ccc(OCC(=O)NC(c2ccc(F)cc2)c2nccn2C)cc1. The molecule has 0 aliphatic rings.